The average molecular weight is 333 g/mol. The number of aromatic nitrogens is 4. The van der Waals surface area contributed by atoms with Crippen LogP contribution in [0.2, 0.25) is 0 Å². The molecular weight excluding hydrogens is 318 g/mol. The second-order valence-corrected chi connectivity index (χ2v) is 5.55. The van der Waals surface area contributed by atoms with Gasteiger partial charge in [-0.1, -0.05) is 18.2 Å². The van der Waals surface area contributed by atoms with Crippen LogP contribution >= 0.6 is 0 Å². The van der Waals surface area contributed by atoms with E-state index in [0.717, 1.165) is 22.4 Å². The molecule has 0 bridgehead atoms. The summed E-state index contributed by atoms with van der Waals surface area (Å²) in [6, 6.07) is 15.1. The third-order valence-electron chi connectivity index (χ3n) is 4.11. The van der Waals surface area contributed by atoms with Crippen LogP contribution in [0.25, 0.3) is 16.7 Å². The summed E-state index contributed by atoms with van der Waals surface area (Å²) in [4.78, 5) is 18.4. The summed E-state index contributed by atoms with van der Waals surface area (Å²) in [6.07, 6.45) is 1.65. The lowest BCUT2D eigenvalue weighted by molar-refractivity contribution is 0.0601. The number of carbonyl (C=O) groups excluding carboxylic acids is 1. The zero-order valence-electron chi connectivity index (χ0n) is 13.7. The summed E-state index contributed by atoms with van der Waals surface area (Å²) in [5, 5.41) is 8.97. The highest BCUT2D eigenvalue weighted by Gasteiger charge is 2.15. The molecule has 2 heterocycles. The zero-order chi connectivity index (χ0) is 17.4. The van der Waals surface area contributed by atoms with E-state index in [0.29, 0.717) is 11.3 Å². The Morgan fingerprint density at radius 1 is 1.16 bits per heavy atom. The quantitative estimate of drug-likeness (QED) is 0.537. The van der Waals surface area contributed by atoms with Gasteiger partial charge in [-0.2, -0.15) is 4.98 Å². The zero-order valence-corrected chi connectivity index (χ0v) is 13.7. The van der Waals surface area contributed by atoms with Gasteiger partial charge in [0.05, 0.1) is 18.2 Å². The Hall–Kier alpha value is -3.48. The number of rotatable bonds is 3. The molecule has 124 valence electrons. The Morgan fingerprint density at radius 2 is 2.00 bits per heavy atom. The number of ether oxygens (including phenoxy) is 1. The van der Waals surface area contributed by atoms with Gasteiger partial charge in [0.25, 0.3) is 5.78 Å². The fraction of sp³-hybridized carbons (Fsp3) is 0.111. The van der Waals surface area contributed by atoms with Crippen LogP contribution in [0, 0.1) is 0 Å². The van der Waals surface area contributed by atoms with E-state index in [4.69, 9.17) is 4.74 Å². The van der Waals surface area contributed by atoms with Gasteiger partial charge in [-0.05, 0) is 30.3 Å². The van der Waals surface area contributed by atoms with E-state index in [1.807, 2.05) is 52.7 Å². The van der Waals surface area contributed by atoms with Gasteiger partial charge in [0, 0.05) is 18.1 Å². The van der Waals surface area contributed by atoms with Crippen LogP contribution in [0.4, 0.5) is 11.5 Å². The smallest absolute Gasteiger partial charge is 0.337 e. The molecule has 0 atom stereocenters. The van der Waals surface area contributed by atoms with E-state index < -0.39 is 0 Å². The maximum Gasteiger partial charge on any atom is 0.337 e. The van der Waals surface area contributed by atoms with Crippen LogP contribution in [0.5, 0.6) is 0 Å². The van der Waals surface area contributed by atoms with Gasteiger partial charge in [0.15, 0.2) is 0 Å². The molecule has 0 saturated carbocycles. The van der Waals surface area contributed by atoms with Gasteiger partial charge in [-0.25, -0.2) is 4.79 Å². The van der Waals surface area contributed by atoms with Gasteiger partial charge < -0.3 is 9.64 Å². The van der Waals surface area contributed by atoms with Gasteiger partial charge in [0.2, 0.25) is 0 Å². The van der Waals surface area contributed by atoms with Crippen molar-refractivity contribution in [2.45, 2.75) is 0 Å². The van der Waals surface area contributed by atoms with E-state index in [1.54, 1.807) is 18.5 Å². The van der Waals surface area contributed by atoms with E-state index in [1.165, 1.54) is 7.11 Å². The molecule has 0 spiro atoms. The molecule has 2 aromatic carbocycles. The van der Waals surface area contributed by atoms with E-state index in [-0.39, 0.29) is 5.97 Å². The van der Waals surface area contributed by atoms with Crippen molar-refractivity contribution in [1.29, 1.82) is 0 Å². The first kappa shape index (κ1) is 15.1. The van der Waals surface area contributed by atoms with Crippen molar-refractivity contribution in [3.05, 3.63) is 60.4 Å². The number of carbonyl (C=O) groups is 1. The number of hydrogen-bond donors (Lipinski definition) is 0. The highest BCUT2D eigenvalue weighted by molar-refractivity contribution is 5.94. The number of anilines is 2. The number of nitrogens with zero attached hydrogens (tertiary/aromatic N) is 5. The van der Waals surface area contributed by atoms with Gasteiger partial charge in [0.1, 0.15) is 12.1 Å². The summed E-state index contributed by atoms with van der Waals surface area (Å²) in [6.45, 7) is 0. The first-order chi connectivity index (χ1) is 12.2. The number of methoxy groups -OCH3 is 1. The minimum absolute atomic E-state index is 0.374. The molecule has 0 aliphatic carbocycles. The summed E-state index contributed by atoms with van der Waals surface area (Å²) in [7, 11) is 3.27. The lowest BCUT2D eigenvalue weighted by Crippen LogP contribution is -2.14. The van der Waals surface area contributed by atoms with Crippen LogP contribution in [0.15, 0.2) is 54.9 Å². The first-order valence-electron chi connectivity index (χ1n) is 7.69. The first-order valence-corrected chi connectivity index (χ1v) is 7.69. The van der Waals surface area contributed by atoms with Crippen LogP contribution in [-0.4, -0.2) is 39.7 Å². The summed E-state index contributed by atoms with van der Waals surface area (Å²) in [5.74, 6) is 0.878. The Labute approximate surface area is 143 Å². The second kappa shape index (κ2) is 5.86. The van der Waals surface area contributed by atoms with Crippen molar-refractivity contribution in [3.63, 3.8) is 0 Å². The molecule has 4 aromatic rings. The molecule has 0 aliphatic rings. The molecule has 0 fully saturated rings. The summed E-state index contributed by atoms with van der Waals surface area (Å²) < 4.78 is 6.64. The fourth-order valence-corrected chi connectivity index (χ4v) is 2.84. The molecule has 0 radical (unpaired) electrons. The average Bonchev–Trinajstić information content (AvgIpc) is 3.15. The molecular formula is C18H15N5O2. The number of esters is 1. The van der Waals surface area contributed by atoms with Crippen LogP contribution in [-0.2, 0) is 4.74 Å². The molecule has 0 N–H and O–H groups in total. The lowest BCUT2D eigenvalue weighted by Gasteiger charge is -2.21. The molecule has 0 amide bonds. The molecule has 0 saturated heterocycles. The second-order valence-electron chi connectivity index (χ2n) is 5.55. The molecule has 7 heteroatoms. The van der Waals surface area contributed by atoms with Crippen molar-refractivity contribution >= 4 is 34.2 Å². The Morgan fingerprint density at radius 3 is 2.84 bits per heavy atom. The molecule has 7 nitrogen and oxygen atoms in total. The summed E-state index contributed by atoms with van der Waals surface area (Å²) in [5.41, 5.74) is 2.27. The fourth-order valence-electron chi connectivity index (χ4n) is 2.84. The molecule has 2 aromatic heterocycles. The minimum Gasteiger partial charge on any atom is -0.465 e. The van der Waals surface area contributed by atoms with Crippen molar-refractivity contribution in [1.82, 2.24) is 19.6 Å². The lowest BCUT2D eigenvalue weighted by atomic mass is 10.1. The normalized spacial score (nSPS) is 11.0. The number of fused-ring (bicyclic) bond motifs is 3. The topological polar surface area (TPSA) is 72.6 Å². The molecule has 0 aliphatic heterocycles. The van der Waals surface area contributed by atoms with Gasteiger partial charge >= 0.3 is 5.97 Å². The van der Waals surface area contributed by atoms with Crippen LogP contribution in [0.3, 0.4) is 0 Å². The van der Waals surface area contributed by atoms with Crippen molar-refractivity contribution in [3.8, 4) is 0 Å². The van der Waals surface area contributed by atoms with Crippen LogP contribution in [0.1, 0.15) is 10.4 Å². The third-order valence-corrected chi connectivity index (χ3v) is 4.11. The number of para-hydroxylation sites is 1. The minimum atomic E-state index is -0.374. The summed E-state index contributed by atoms with van der Waals surface area (Å²) >= 11 is 0. The highest BCUT2D eigenvalue weighted by atomic mass is 16.5. The standard InChI is InChI=1S/C18H15N5O2/c1-22(13-7-5-6-12(10-13)17(24)25-2)16-14-8-3-4-9-15(14)23-11-19-21-18(23)20-16/h3-11H,1-2H3. The van der Waals surface area contributed by atoms with Crippen molar-refractivity contribution in [2.24, 2.45) is 0 Å². The number of hydrogen-bond acceptors (Lipinski definition) is 6. The molecule has 0 unspecified atom stereocenters. The third kappa shape index (κ3) is 2.46. The molecule has 25 heavy (non-hydrogen) atoms. The van der Waals surface area contributed by atoms with E-state index >= 15 is 0 Å². The van der Waals surface area contributed by atoms with Crippen molar-refractivity contribution < 1.29 is 9.53 Å². The maximum absolute atomic E-state index is 11.8. The van der Waals surface area contributed by atoms with E-state index in [2.05, 4.69) is 15.2 Å². The highest BCUT2D eigenvalue weighted by Crippen LogP contribution is 2.30. The van der Waals surface area contributed by atoms with Gasteiger partial charge in [-0.15, -0.1) is 10.2 Å². The largest absolute Gasteiger partial charge is 0.465 e. The Kier molecular flexibility index (Phi) is 3.53. The SMILES string of the molecule is COC(=O)c1cccc(N(C)c2nc3nncn3c3ccccc23)c1. The maximum atomic E-state index is 11.8. The monoisotopic (exact) mass is 333 g/mol. The predicted octanol–water partition coefficient (Wildman–Crippen LogP) is 2.83. The van der Waals surface area contributed by atoms with Gasteiger partial charge in [-0.3, -0.25) is 4.40 Å². The van der Waals surface area contributed by atoms with E-state index in [9.17, 15) is 4.79 Å². The molecule has 4 rings (SSSR count). The van der Waals surface area contributed by atoms with Crippen LogP contribution < -0.4 is 4.90 Å². The Balaban J connectivity index is 1.90. The predicted molar refractivity (Wildman–Crippen MR) is 94.1 cm³/mol. The number of benzene rings is 2. The van der Waals surface area contributed by atoms with Crippen molar-refractivity contribution in [2.75, 3.05) is 19.1 Å². The Bertz CT molecular complexity index is 1090.